The molecular formula is C19H30N4O3. The number of nitrogens with zero attached hydrogens (tertiary/aromatic N) is 2. The largest absolute Gasteiger partial charge is 0.497 e. The molecular weight excluding hydrogens is 332 g/mol. The predicted octanol–water partition coefficient (Wildman–Crippen LogP) is 1.42. The summed E-state index contributed by atoms with van der Waals surface area (Å²) < 4.78 is 5.20. The average Bonchev–Trinajstić information content (AvgIpc) is 2.65. The molecule has 0 spiro atoms. The molecule has 0 saturated carbocycles. The van der Waals surface area contributed by atoms with Crippen LogP contribution in [0.1, 0.15) is 24.8 Å². The van der Waals surface area contributed by atoms with Crippen LogP contribution in [-0.2, 0) is 11.3 Å². The van der Waals surface area contributed by atoms with Crippen molar-refractivity contribution in [2.24, 2.45) is 11.7 Å². The summed E-state index contributed by atoms with van der Waals surface area (Å²) in [6, 6.07) is 7.60. The number of hydrogen-bond donors (Lipinski definition) is 2. The first-order valence-corrected chi connectivity index (χ1v) is 9.13. The number of carbonyl (C=O) groups is 2. The van der Waals surface area contributed by atoms with Crippen molar-refractivity contribution in [1.29, 1.82) is 0 Å². The molecule has 7 heteroatoms. The maximum Gasteiger partial charge on any atom is 0.317 e. The number of amides is 3. The van der Waals surface area contributed by atoms with E-state index in [9.17, 15) is 9.59 Å². The van der Waals surface area contributed by atoms with E-state index in [2.05, 4.69) is 10.2 Å². The number of nitrogens with one attached hydrogen (secondary N) is 1. The van der Waals surface area contributed by atoms with Gasteiger partial charge in [0, 0.05) is 26.7 Å². The molecule has 1 fully saturated rings. The van der Waals surface area contributed by atoms with Crippen LogP contribution in [-0.4, -0.2) is 62.1 Å². The summed E-state index contributed by atoms with van der Waals surface area (Å²) in [7, 11) is 3.40. The SMILES string of the molecule is COc1cccc(CN(C)C(=O)NCCCN2CCCC(C(N)=O)C2)c1. The maximum absolute atomic E-state index is 12.2. The third kappa shape index (κ3) is 6.22. The fraction of sp³-hybridized carbons (Fsp3) is 0.579. The van der Waals surface area contributed by atoms with Gasteiger partial charge in [0.05, 0.1) is 13.0 Å². The molecule has 0 radical (unpaired) electrons. The van der Waals surface area contributed by atoms with Gasteiger partial charge in [-0.1, -0.05) is 12.1 Å². The van der Waals surface area contributed by atoms with Crippen LogP contribution in [0.3, 0.4) is 0 Å². The second kappa shape index (κ2) is 10.0. The molecule has 2 rings (SSSR count). The van der Waals surface area contributed by atoms with Crippen molar-refractivity contribution in [3.05, 3.63) is 29.8 Å². The third-order valence-corrected chi connectivity index (χ3v) is 4.74. The topological polar surface area (TPSA) is 87.9 Å². The molecule has 0 aromatic heterocycles. The minimum absolute atomic E-state index is 0.0349. The third-order valence-electron chi connectivity index (χ3n) is 4.74. The second-order valence-electron chi connectivity index (χ2n) is 6.84. The van der Waals surface area contributed by atoms with Crippen molar-refractivity contribution >= 4 is 11.9 Å². The second-order valence-corrected chi connectivity index (χ2v) is 6.84. The fourth-order valence-corrected chi connectivity index (χ4v) is 3.24. The van der Waals surface area contributed by atoms with E-state index in [0.29, 0.717) is 13.1 Å². The van der Waals surface area contributed by atoms with Crippen LogP contribution in [0.15, 0.2) is 24.3 Å². The van der Waals surface area contributed by atoms with Crippen molar-refractivity contribution in [2.75, 3.05) is 40.3 Å². The van der Waals surface area contributed by atoms with Crippen LogP contribution in [0.4, 0.5) is 4.79 Å². The fourth-order valence-electron chi connectivity index (χ4n) is 3.24. The molecule has 144 valence electrons. The Labute approximate surface area is 155 Å². The van der Waals surface area contributed by atoms with Crippen LogP contribution >= 0.6 is 0 Å². The van der Waals surface area contributed by atoms with Gasteiger partial charge >= 0.3 is 6.03 Å². The highest BCUT2D eigenvalue weighted by atomic mass is 16.5. The highest BCUT2D eigenvalue weighted by Crippen LogP contribution is 2.16. The van der Waals surface area contributed by atoms with E-state index in [1.807, 2.05) is 24.3 Å². The molecule has 1 unspecified atom stereocenters. The van der Waals surface area contributed by atoms with Gasteiger partial charge in [0.15, 0.2) is 0 Å². The average molecular weight is 362 g/mol. The van der Waals surface area contributed by atoms with E-state index >= 15 is 0 Å². The Morgan fingerprint density at radius 3 is 2.96 bits per heavy atom. The number of likely N-dealkylation sites (tertiary alicyclic amines) is 1. The zero-order valence-electron chi connectivity index (χ0n) is 15.7. The first kappa shape index (κ1) is 20.0. The summed E-state index contributed by atoms with van der Waals surface area (Å²) in [5.41, 5.74) is 6.42. The first-order chi connectivity index (χ1) is 12.5. The number of carbonyl (C=O) groups excluding carboxylic acids is 2. The van der Waals surface area contributed by atoms with E-state index in [-0.39, 0.29) is 17.9 Å². The summed E-state index contributed by atoms with van der Waals surface area (Å²) in [6.07, 6.45) is 2.74. The van der Waals surface area contributed by atoms with Crippen molar-refractivity contribution in [2.45, 2.75) is 25.8 Å². The smallest absolute Gasteiger partial charge is 0.317 e. The first-order valence-electron chi connectivity index (χ1n) is 9.13. The molecule has 1 aliphatic rings. The Balaban J connectivity index is 1.67. The lowest BCUT2D eigenvalue weighted by molar-refractivity contribution is -0.123. The zero-order chi connectivity index (χ0) is 18.9. The standard InChI is InChI=1S/C19H30N4O3/c1-22(13-15-6-3-8-17(12-15)26-2)19(25)21-9-5-11-23-10-4-7-16(14-23)18(20)24/h3,6,8,12,16H,4-5,7,9-11,13-14H2,1-2H3,(H2,20,24)(H,21,25). The van der Waals surface area contributed by atoms with Gasteiger partial charge in [0.1, 0.15) is 5.75 Å². The lowest BCUT2D eigenvalue weighted by atomic mass is 9.97. The van der Waals surface area contributed by atoms with Crippen LogP contribution in [0.5, 0.6) is 5.75 Å². The molecule has 1 heterocycles. The lowest BCUT2D eigenvalue weighted by Gasteiger charge is -2.31. The number of ether oxygens (including phenoxy) is 1. The van der Waals surface area contributed by atoms with E-state index < -0.39 is 0 Å². The molecule has 1 aliphatic heterocycles. The van der Waals surface area contributed by atoms with Crippen molar-refractivity contribution < 1.29 is 14.3 Å². The van der Waals surface area contributed by atoms with Crippen LogP contribution < -0.4 is 15.8 Å². The molecule has 3 amide bonds. The number of primary amides is 1. The summed E-state index contributed by atoms with van der Waals surface area (Å²) in [6.45, 7) is 3.73. The van der Waals surface area contributed by atoms with Gasteiger partial charge in [-0.3, -0.25) is 4.79 Å². The van der Waals surface area contributed by atoms with Gasteiger partial charge in [-0.25, -0.2) is 4.79 Å². The molecule has 26 heavy (non-hydrogen) atoms. The van der Waals surface area contributed by atoms with Crippen molar-refractivity contribution in [1.82, 2.24) is 15.1 Å². The van der Waals surface area contributed by atoms with Crippen molar-refractivity contribution in [3.8, 4) is 5.75 Å². The quantitative estimate of drug-likeness (QED) is 0.685. The Kier molecular flexibility index (Phi) is 7.72. The summed E-state index contributed by atoms with van der Waals surface area (Å²) in [5.74, 6) is 0.543. The summed E-state index contributed by atoms with van der Waals surface area (Å²) in [5, 5.41) is 2.94. The Morgan fingerprint density at radius 2 is 2.23 bits per heavy atom. The number of nitrogens with two attached hydrogens (primary N) is 1. The zero-order valence-corrected chi connectivity index (χ0v) is 15.7. The van der Waals surface area contributed by atoms with E-state index in [4.69, 9.17) is 10.5 Å². The van der Waals surface area contributed by atoms with Gasteiger partial charge in [-0.15, -0.1) is 0 Å². The van der Waals surface area contributed by atoms with Gasteiger partial charge in [-0.05, 0) is 50.0 Å². The Morgan fingerprint density at radius 1 is 1.42 bits per heavy atom. The molecule has 1 aromatic carbocycles. The van der Waals surface area contributed by atoms with E-state index in [1.54, 1.807) is 19.1 Å². The van der Waals surface area contributed by atoms with E-state index in [0.717, 1.165) is 50.2 Å². The summed E-state index contributed by atoms with van der Waals surface area (Å²) in [4.78, 5) is 27.4. The monoisotopic (exact) mass is 362 g/mol. The van der Waals surface area contributed by atoms with Gasteiger partial charge < -0.3 is 25.6 Å². The number of urea groups is 1. The normalized spacial score (nSPS) is 17.5. The van der Waals surface area contributed by atoms with Gasteiger partial charge in [0.25, 0.3) is 0 Å². The predicted molar refractivity (Wildman–Crippen MR) is 101 cm³/mol. The van der Waals surface area contributed by atoms with Crippen molar-refractivity contribution in [3.63, 3.8) is 0 Å². The minimum atomic E-state index is -0.206. The Hall–Kier alpha value is -2.28. The molecule has 1 aromatic rings. The van der Waals surface area contributed by atoms with Crippen LogP contribution in [0, 0.1) is 5.92 Å². The van der Waals surface area contributed by atoms with Gasteiger partial charge in [0.2, 0.25) is 5.91 Å². The molecule has 3 N–H and O–H groups in total. The van der Waals surface area contributed by atoms with E-state index in [1.165, 1.54) is 0 Å². The minimum Gasteiger partial charge on any atom is -0.497 e. The highest BCUT2D eigenvalue weighted by Gasteiger charge is 2.23. The maximum atomic E-state index is 12.2. The molecule has 1 atom stereocenters. The number of methoxy groups -OCH3 is 1. The van der Waals surface area contributed by atoms with Crippen LogP contribution in [0.2, 0.25) is 0 Å². The number of piperidine rings is 1. The number of benzene rings is 1. The molecule has 1 saturated heterocycles. The lowest BCUT2D eigenvalue weighted by Crippen LogP contribution is -2.42. The summed E-state index contributed by atoms with van der Waals surface area (Å²) >= 11 is 0. The number of rotatable bonds is 8. The molecule has 0 bridgehead atoms. The van der Waals surface area contributed by atoms with Gasteiger partial charge in [-0.2, -0.15) is 0 Å². The van der Waals surface area contributed by atoms with Crippen LogP contribution in [0.25, 0.3) is 0 Å². The number of hydrogen-bond acceptors (Lipinski definition) is 4. The molecule has 7 nitrogen and oxygen atoms in total. The highest BCUT2D eigenvalue weighted by molar-refractivity contribution is 5.77. The molecule has 0 aliphatic carbocycles. The Bertz CT molecular complexity index is 608.